The maximum atomic E-state index is 12.4. The Labute approximate surface area is 180 Å². The van der Waals surface area contributed by atoms with Gasteiger partial charge < -0.3 is 24.4 Å². The average Bonchev–Trinajstić information content (AvgIpc) is 2.64. The van der Waals surface area contributed by atoms with E-state index in [1.54, 1.807) is 45.0 Å². The lowest BCUT2D eigenvalue weighted by Gasteiger charge is -2.20. The van der Waals surface area contributed by atoms with Crippen LogP contribution in [0.4, 0.5) is 0 Å². The number of carbonyl (C=O) groups is 2. The van der Waals surface area contributed by atoms with E-state index in [0.29, 0.717) is 33.2 Å². The van der Waals surface area contributed by atoms with Crippen molar-refractivity contribution in [2.45, 2.75) is 39.7 Å². The molecule has 0 aliphatic heterocycles. The number of methoxy groups -OCH3 is 2. The van der Waals surface area contributed by atoms with Crippen molar-refractivity contribution >= 4 is 33.3 Å². The van der Waals surface area contributed by atoms with Crippen molar-refractivity contribution in [1.82, 2.24) is 0 Å². The van der Waals surface area contributed by atoms with Gasteiger partial charge in [-0.05, 0) is 62.2 Å². The largest absolute Gasteiger partial charge is 0.506 e. The fourth-order valence-electron chi connectivity index (χ4n) is 3.72. The van der Waals surface area contributed by atoms with Gasteiger partial charge in [0, 0.05) is 6.07 Å². The third-order valence-corrected chi connectivity index (χ3v) is 4.87. The van der Waals surface area contributed by atoms with Gasteiger partial charge in [0.2, 0.25) is 0 Å². The summed E-state index contributed by atoms with van der Waals surface area (Å²) in [5, 5.41) is 23.5. The first-order chi connectivity index (χ1) is 14.5. The Morgan fingerprint density at radius 3 is 2.10 bits per heavy atom. The molecule has 31 heavy (non-hydrogen) atoms. The Hall–Kier alpha value is -3.48. The topological polar surface area (TPSA) is 102 Å². The summed E-state index contributed by atoms with van der Waals surface area (Å²) in [4.78, 5) is 24.7. The van der Waals surface area contributed by atoms with Crippen LogP contribution in [0.1, 0.15) is 43.6 Å². The van der Waals surface area contributed by atoms with Gasteiger partial charge >= 0.3 is 5.97 Å². The molecule has 0 fully saturated rings. The fraction of sp³-hybridized carbons (Fsp3) is 0.333. The smallest absolute Gasteiger partial charge is 0.310 e. The summed E-state index contributed by atoms with van der Waals surface area (Å²) < 4.78 is 16.1. The SMILES string of the molecule is COc1cc(OC)c2c(O)c3c(O)c(C(C)=O)c(CC(=O)OC(C)(C)C)cc3cc2c1. The van der Waals surface area contributed by atoms with Crippen LogP contribution in [-0.2, 0) is 16.0 Å². The summed E-state index contributed by atoms with van der Waals surface area (Å²) >= 11 is 0. The van der Waals surface area contributed by atoms with Crippen LogP contribution in [0.15, 0.2) is 24.3 Å². The summed E-state index contributed by atoms with van der Waals surface area (Å²) in [6.07, 6.45) is -0.198. The minimum atomic E-state index is -0.687. The number of ether oxygens (including phenoxy) is 3. The normalized spacial score (nSPS) is 11.5. The average molecular weight is 426 g/mol. The van der Waals surface area contributed by atoms with Gasteiger partial charge in [0.1, 0.15) is 28.6 Å². The monoisotopic (exact) mass is 426 g/mol. The quantitative estimate of drug-likeness (QED) is 0.352. The van der Waals surface area contributed by atoms with Gasteiger partial charge in [-0.15, -0.1) is 0 Å². The second-order valence-corrected chi connectivity index (χ2v) is 8.33. The van der Waals surface area contributed by atoms with Gasteiger partial charge in [0.25, 0.3) is 0 Å². The number of phenolic OH excluding ortho intramolecular Hbond substituents is 2. The number of carbonyl (C=O) groups excluding carboxylic acids is 2. The third kappa shape index (κ3) is 4.21. The van der Waals surface area contributed by atoms with E-state index in [2.05, 4.69) is 0 Å². The van der Waals surface area contributed by atoms with E-state index >= 15 is 0 Å². The second-order valence-electron chi connectivity index (χ2n) is 8.33. The molecule has 0 radical (unpaired) electrons. The van der Waals surface area contributed by atoms with Gasteiger partial charge in [0.05, 0.1) is 37.0 Å². The van der Waals surface area contributed by atoms with Gasteiger partial charge in [-0.3, -0.25) is 9.59 Å². The molecule has 0 spiro atoms. The molecule has 0 atom stereocenters. The highest BCUT2D eigenvalue weighted by atomic mass is 16.6. The number of esters is 1. The van der Waals surface area contributed by atoms with Gasteiger partial charge in [0.15, 0.2) is 5.78 Å². The summed E-state index contributed by atoms with van der Waals surface area (Å²) in [5.41, 5.74) is -0.394. The number of ketones is 1. The number of hydrogen-bond acceptors (Lipinski definition) is 7. The maximum Gasteiger partial charge on any atom is 0.310 e. The number of benzene rings is 3. The summed E-state index contributed by atoms with van der Waals surface area (Å²) in [5.74, 6) is -0.685. The molecular formula is C24H26O7. The zero-order valence-corrected chi connectivity index (χ0v) is 18.5. The van der Waals surface area contributed by atoms with Crippen molar-refractivity contribution in [1.29, 1.82) is 0 Å². The molecule has 0 heterocycles. The molecule has 164 valence electrons. The first-order valence-corrected chi connectivity index (χ1v) is 9.75. The number of rotatable bonds is 5. The van der Waals surface area contributed by atoms with Crippen LogP contribution in [0, 0.1) is 0 Å². The summed E-state index contributed by atoms with van der Waals surface area (Å²) in [7, 11) is 2.98. The molecule has 0 unspecified atom stereocenters. The number of fused-ring (bicyclic) bond motifs is 2. The fourth-order valence-corrected chi connectivity index (χ4v) is 3.72. The Bertz CT molecular complexity index is 1200. The van der Waals surface area contributed by atoms with Crippen molar-refractivity contribution in [3.05, 3.63) is 35.4 Å². The van der Waals surface area contributed by atoms with Crippen LogP contribution in [-0.4, -0.2) is 41.8 Å². The van der Waals surface area contributed by atoms with Gasteiger partial charge in [-0.25, -0.2) is 0 Å². The van der Waals surface area contributed by atoms with Crippen molar-refractivity contribution in [3.63, 3.8) is 0 Å². The Kier molecular flexibility index (Phi) is 5.72. The predicted octanol–water partition coefficient (Wildman–Crippen LogP) is 4.51. The highest BCUT2D eigenvalue weighted by Gasteiger charge is 2.25. The third-order valence-electron chi connectivity index (χ3n) is 4.87. The molecule has 3 aromatic rings. The van der Waals surface area contributed by atoms with Crippen LogP contribution >= 0.6 is 0 Å². The minimum absolute atomic E-state index is 0.0273. The number of hydrogen-bond donors (Lipinski definition) is 2. The number of phenols is 2. The molecule has 3 aromatic carbocycles. The van der Waals surface area contributed by atoms with Crippen LogP contribution in [0.5, 0.6) is 23.0 Å². The lowest BCUT2D eigenvalue weighted by molar-refractivity contribution is -0.153. The molecule has 7 heteroatoms. The molecule has 0 bridgehead atoms. The Balaban J connectivity index is 2.32. The molecule has 0 aromatic heterocycles. The summed E-state index contributed by atoms with van der Waals surface area (Å²) in [6, 6.07) is 6.69. The van der Waals surface area contributed by atoms with E-state index in [0.717, 1.165) is 0 Å². The molecule has 2 N–H and O–H groups in total. The molecule has 0 aliphatic rings. The highest BCUT2D eigenvalue weighted by molar-refractivity contribution is 6.14. The van der Waals surface area contributed by atoms with E-state index in [4.69, 9.17) is 14.2 Å². The standard InChI is InChI=1S/C24H26O7/c1-12(25)19-15(10-18(26)31-24(2,3)4)8-13-7-14-9-16(29-5)11-17(30-6)20(14)23(28)21(13)22(19)27/h7-9,11,27-28H,10H2,1-6H3. The van der Waals surface area contributed by atoms with Crippen LogP contribution in [0.3, 0.4) is 0 Å². The molecule has 3 rings (SSSR count). The first kappa shape index (κ1) is 22.2. The lowest BCUT2D eigenvalue weighted by atomic mass is 9.92. The van der Waals surface area contributed by atoms with E-state index < -0.39 is 17.4 Å². The zero-order chi connectivity index (χ0) is 23.1. The first-order valence-electron chi connectivity index (χ1n) is 9.75. The van der Waals surface area contributed by atoms with E-state index in [-0.39, 0.29) is 28.9 Å². The molecule has 0 amide bonds. The molecular weight excluding hydrogens is 400 g/mol. The maximum absolute atomic E-state index is 12.4. The van der Waals surface area contributed by atoms with Gasteiger partial charge in [-0.1, -0.05) is 0 Å². The van der Waals surface area contributed by atoms with Crippen molar-refractivity contribution < 1.29 is 34.0 Å². The predicted molar refractivity (Wildman–Crippen MR) is 117 cm³/mol. The van der Waals surface area contributed by atoms with Crippen molar-refractivity contribution in [2.75, 3.05) is 14.2 Å². The Morgan fingerprint density at radius 2 is 1.55 bits per heavy atom. The second kappa shape index (κ2) is 7.98. The lowest BCUT2D eigenvalue weighted by Crippen LogP contribution is -2.25. The van der Waals surface area contributed by atoms with Gasteiger partial charge in [-0.2, -0.15) is 0 Å². The number of aromatic hydroxyl groups is 2. The van der Waals surface area contributed by atoms with E-state index in [9.17, 15) is 19.8 Å². The van der Waals surface area contributed by atoms with Crippen LogP contribution in [0.2, 0.25) is 0 Å². The van der Waals surface area contributed by atoms with E-state index in [1.807, 2.05) is 0 Å². The molecule has 0 aliphatic carbocycles. The van der Waals surface area contributed by atoms with Crippen molar-refractivity contribution in [2.24, 2.45) is 0 Å². The molecule has 0 saturated heterocycles. The van der Waals surface area contributed by atoms with Crippen molar-refractivity contribution in [3.8, 4) is 23.0 Å². The Morgan fingerprint density at radius 1 is 0.903 bits per heavy atom. The zero-order valence-electron chi connectivity index (χ0n) is 18.5. The minimum Gasteiger partial charge on any atom is -0.506 e. The highest BCUT2D eigenvalue weighted by Crippen LogP contribution is 2.46. The van der Waals surface area contributed by atoms with Crippen LogP contribution in [0.25, 0.3) is 21.5 Å². The van der Waals surface area contributed by atoms with Crippen LogP contribution < -0.4 is 9.47 Å². The van der Waals surface area contributed by atoms with E-state index in [1.165, 1.54) is 21.1 Å². The molecule has 7 nitrogen and oxygen atoms in total. The molecule has 0 saturated carbocycles. The number of Topliss-reactive ketones (excluding diaryl/α,β-unsaturated/α-hetero) is 1. The summed E-state index contributed by atoms with van der Waals surface area (Å²) in [6.45, 7) is 6.54.